The number of aromatic carboxylic acids is 1. The van der Waals surface area contributed by atoms with Crippen LogP contribution in [0.15, 0.2) is 22.8 Å². The van der Waals surface area contributed by atoms with Gasteiger partial charge >= 0.3 is 5.97 Å². The van der Waals surface area contributed by atoms with Crippen molar-refractivity contribution in [2.75, 3.05) is 5.73 Å². The van der Waals surface area contributed by atoms with Crippen molar-refractivity contribution < 1.29 is 14.3 Å². The Morgan fingerprint density at radius 1 is 1.60 bits per heavy atom. The van der Waals surface area contributed by atoms with Crippen molar-refractivity contribution in [3.8, 4) is 10.4 Å². The standard InChI is InChI=1S/C9H6ClNO3S/c10-8-4(1-2-14-8)6-3-5(11)7(15-6)9(12)13/h1-3H,11H2,(H,12,13). The molecule has 0 unspecified atom stereocenters. The average Bonchev–Trinajstić information content (AvgIpc) is 2.71. The van der Waals surface area contributed by atoms with Crippen molar-refractivity contribution in [2.45, 2.75) is 0 Å². The highest BCUT2D eigenvalue weighted by molar-refractivity contribution is 7.18. The second-order valence-corrected chi connectivity index (χ2v) is 4.20. The monoisotopic (exact) mass is 243 g/mol. The molecule has 0 bridgehead atoms. The number of halogens is 1. The molecule has 2 rings (SSSR count). The van der Waals surface area contributed by atoms with Crippen molar-refractivity contribution in [2.24, 2.45) is 0 Å². The number of carbonyl (C=O) groups is 1. The van der Waals surface area contributed by atoms with E-state index in [0.29, 0.717) is 10.4 Å². The quantitative estimate of drug-likeness (QED) is 0.850. The predicted molar refractivity (Wildman–Crippen MR) is 58.4 cm³/mol. The van der Waals surface area contributed by atoms with Crippen LogP contribution in [0, 0.1) is 0 Å². The Morgan fingerprint density at radius 2 is 2.33 bits per heavy atom. The van der Waals surface area contributed by atoms with Crippen LogP contribution >= 0.6 is 22.9 Å². The molecule has 0 saturated carbocycles. The van der Waals surface area contributed by atoms with E-state index < -0.39 is 5.97 Å². The summed E-state index contributed by atoms with van der Waals surface area (Å²) in [4.78, 5) is 11.6. The van der Waals surface area contributed by atoms with E-state index in [9.17, 15) is 4.79 Å². The summed E-state index contributed by atoms with van der Waals surface area (Å²) in [6.07, 6.45) is 1.44. The zero-order valence-electron chi connectivity index (χ0n) is 7.36. The average molecular weight is 244 g/mol. The van der Waals surface area contributed by atoms with Gasteiger partial charge in [0.1, 0.15) is 4.88 Å². The number of rotatable bonds is 2. The number of hydrogen-bond acceptors (Lipinski definition) is 4. The summed E-state index contributed by atoms with van der Waals surface area (Å²) in [6, 6.07) is 3.24. The fourth-order valence-corrected chi connectivity index (χ4v) is 2.39. The van der Waals surface area contributed by atoms with Gasteiger partial charge in [0.25, 0.3) is 0 Å². The van der Waals surface area contributed by atoms with Crippen molar-refractivity contribution in [1.29, 1.82) is 0 Å². The van der Waals surface area contributed by atoms with Crippen LogP contribution in [-0.4, -0.2) is 11.1 Å². The molecular formula is C9H6ClNO3S. The van der Waals surface area contributed by atoms with Gasteiger partial charge in [-0.3, -0.25) is 0 Å². The fraction of sp³-hybridized carbons (Fsp3) is 0. The minimum Gasteiger partial charge on any atom is -0.477 e. The van der Waals surface area contributed by atoms with Gasteiger partial charge in [-0.15, -0.1) is 11.3 Å². The molecule has 78 valence electrons. The maximum absolute atomic E-state index is 10.8. The summed E-state index contributed by atoms with van der Waals surface area (Å²) >= 11 is 6.84. The molecule has 3 N–H and O–H groups in total. The lowest BCUT2D eigenvalue weighted by Crippen LogP contribution is -1.96. The van der Waals surface area contributed by atoms with Gasteiger partial charge in [-0.1, -0.05) is 0 Å². The molecule has 0 spiro atoms. The number of carboxylic acid groups (broad SMARTS) is 1. The SMILES string of the molecule is Nc1cc(-c2ccoc2Cl)sc1C(=O)O. The molecule has 0 aliphatic rings. The summed E-state index contributed by atoms with van der Waals surface area (Å²) in [5.74, 6) is -1.04. The van der Waals surface area contributed by atoms with Gasteiger partial charge in [0.15, 0.2) is 0 Å². The lowest BCUT2D eigenvalue weighted by molar-refractivity contribution is 0.0703. The predicted octanol–water partition coefficient (Wildman–Crippen LogP) is 2.94. The highest BCUT2D eigenvalue weighted by Gasteiger charge is 2.16. The first-order valence-electron chi connectivity index (χ1n) is 3.95. The molecule has 0 radical (unpaired) electrons. The summed E-state index contributed by atoms with van der Waals surface area (Å²) in [6.45, 7) is 0. The molecule has 0 aliphatic carbocycles. The van der Waals surface area contributed by atoms with Crippen LogP contribution in [0.3, 0.4) is 0 Å². The number of furan rings is 1. The minimum absolute atomic E-state index is 0.113. The molecule has 2 aromatic rings. The fourth-order valence-electron chi connectivity index (χ4n) is 1.17. The number of thiophene rings is 1. The van der Waals surface area contributed by atoms with E-state index in [-0.39, 0.29) is 15.8 Å². The third kappa shape index (κ3) is 1.71. The van der Waals surface area contributed by atoms with E-state index in [1.807, 2.05) is 0 Å². The van der Waals surface area contributed by atoms with E-state index in [1.165, 1.54) is 6.26 Å². The van der Waals surface area contributed by atoms with E-state index >= 15 is 0 Å². The van der Waals surface area contributed by atoms with E-state index in [0.717, 1.165) is 11.3 Å². The molecule has 0 atom stereocenters. The molecule has 4 nitrogen and oxygen atoms in total. The van der Waals surface area contributed by atoms with Crippen LogP contribution in [0.4, 0.5) is 5.69 Å². The minimum atomic E-state index is -1.04. The van der Waals surface area contributed by atoms with Gasteiger partial charge in [-0.05, 0) is 23.7 Å². The molecule has 0 aromatic carbocycles. The smallest absolute Gasteiger partial charge is 0.348 e. The highest BCUT2D eigenvalue weighted by atomic mass is 35.5. The summed E-state index contributed by atoms with van der Waals surface area (Å²) in [7, 11) is 0. The second kappa shape index (κ2) is 3.60. The second-order valence-electron chi connectivity index (χ2n) is 2.81. The zero-order chi connectivity index (χ0) is 11.0. The molecule has 0 aliphatic heterocycles. The van der Waals surface area contributed by atoms with Gasteiger partial charge in [0.2, 0.25) is 5.22 Å². The zero-order valence-corrected chi connectivity index (χ0v) is 8.93. The lowest BCUT2D eigenvalue weighted by atomic mass is 10.2. The Balaban J connectivity index is 2.52. The first kappa shape index (κ1) is 10.1. The Kier molecular flexibility index (Phi) is 2.42. The van der Waals surface area contributed by atoms with Crippen LogP contribution in [0.5, 0.6) is 0 Å². The van der Waals surface area contributed by atoms with Crippen molar-refractivity contribution >= 4 is 34.6 Å². The molecule has 15 heavy (non-hydrogen) atoms. The first-order chi connectivity index (χ1) is 7.09. The number of nitrogens with two attached hydrogens (primary N) is 1. The number of hydrogen-bond donors (Lipinski definition) is 2. The van der Waals surface area contributed by atoms with Gasteiger partial charge in [0, 0.05) is 10.4 Å². The Labute approximate surface area is 93.9 Å². The Morgan fingerprint density at radius 3 is 2.80 bits per heavy atom. The van der Waals surface area contributed by atoms with Gasteiger partial charge < -0.3 is 15.3 Å². The molecule has 2 aromatic heterocycles. The van der Waals surface area contributed by atoms with Crippen LogP contribution in [-0.2, 0) is 0 Å². The number of nitrogen functional groups attached to an aromatic ring is 1. The van der Waals surface area contributed by atoms with Gasteiger partial charge in [-0.2, -0.15) is 0 Å². The van der Waals surface area contributed by atoms with Crippen molar-refractivity contribution in [1.82, 2.24) is 0 Å². The lowest BCUT2D eigenvalue weighted by Gasteiger charge is -1.89. The molecule has 0 fully saturated rings. The van der Waals surface area contributed by atoms with Crippen molar-refractivity contribution in [3.63, 3.8) is 0 Å². The summed E-state index contributed by atoms with van der Waals surface area (Å²) < 4.78 is 4.91. The Hall–Kier alpha value is -1.46. The number of anilines is 1. The maximum Gasteiger partial charge on any atom is 0.348 e. The van der Waals surface area contributed by atoms with Crippen LogP contribution in [0.1, 0.15) is 9.67 Å². The summed E-state index contributed by atoms with van der Waals surface area (Å²) in [5, 5.41) is 9.05. The molecule has 0 amide bonds. The normalized spacial score (nSPS) is 10.5. The highest BCUT2D eigenvalue weighted by Crippen LogP contribution is 2.37. The Bertz CT molecular complexity index is 517. The van der Waals surface area contributed by atoms with Crippen LogP contribution < -0.4 is 5.73 Å². The number of carboxylic acids is 1. The third-order valence-electron chi connectivity index (χ3n) is 1.84. The van der Waals surface area contributed by atoms with Crippen molar-refractivity contribution in [3.05, 3.63) is 28.5 Å². The van der Waals surface area contributed by atoms with Crippen LogP contribution in [0.2, 0.25) is 5.22 Å². The summed E-state index contributed by atoms with van der Waals surface area (Å²) in [5.41, 5.74) is 6.44. The van der Waals surface area contributed by atoms with Gasteiger partial charge in [-0.25, -0.2) is 4.79 Å². The molecule has 2 heterocycles. The molecular weight excluding hydrogens is 238 g/mol. The largest absolute Gasteiger partial charge is 0.477 e. The molecule has 0 saturated heterocycles. The first-order valence-corrected chi connectivity index (χ1v) is 5.15. The van der Waals surface area contributed by atoms with E-state index in [4.69, 9.17) is 26.9 Å². The van der Waals surface area contributed by atoms with Crippen LogP contribution in [0.25, 0.3) is 10.4 Å². The van der Waals surface area contributed by atoms with E-state index in [2.05, 4.69) is 0 Å². The molecule has 6 heteroatoms. The van der Waals surface area contributed by atoms with Gasteiger partial charge in [0.05, 0.1) is 12.0 Å². The maximum atomic E-state index is 10.8. The third-order valence-corrected chi connectivity index (χ3v) is 3.30. The van der Waals surface area contributed by atoms with E-state index in [1.54, 1.807) is 12.1 Å². The topological polar surface area (TPSA) is 76.5 Å².